The number of nitrogens with zero attached hydrogens (tertiary/aromatic N) is 1. The third kappa shape index (κ3) is 3.60. The van der Waals surface area contributed by atoms with Crippen molar-refractivity contribution < 1.29 is 13.9 Å². The molecule has 0 saturated carbocycles. The van der Waals surface area contributed by atoms with Gasteiger partial charge in [-0.2, -0.15) is 0 Å². The van der Waals surface area contributed by atoms with Crippen LogP contribution < -0.4 is 15.1 Å². The van der Waals surface area contributed by atoms with Gasteiger partial charge in [0.2, 0.25) is 0 Å². The number of fused-ring (bicyclic) bond motifs is 3. The van der Waals surface area contributed by atoms with Crippen LogP contribution in [0.15, 0.2) is 69.2 Å². The van der Waals surface area contributed by atoms with Crippen LogP contribution in [0.5, 0.6) is 11.5 Å². The van der Waals surface area contributed by atoms with Crippen molar-refractivity contribution >= 4 is 22.3 Å². The summed E-state index contributed by atoms with van der Waals surface area (Å²) < 4.78 is 17.0. The number of hydrogen-bond donors (Lipinski definition) is 0. The minimum absolute atomic E-state index is 0.350. The molecule has 0 spiro atoms. The topological polar surface area (TPSA) is 51.9 Å². The zero-order chi connectivity index (χ0) is 20.5. The van der Waals surface area contributed by atoms with Crippen LogP contribution >= 0.6 is 11.3 Å². The number of benzene rings is 2. The maximum absolute atomic E-state index is 12.8. The van der Waals surface area contributed by atoms with Crippen LogP contribution in [0.3, 0.4) is 0 Å². The molecule has 2 aromatic heterocycles. The van der Waals surface area contributed by atoms with E-state index >= 15 is 0 Å². The predicted molar refractivity (Wildman–Crippen MR) is 118 cm³/mol. The van der Waals surface area contributed by atoms with Gasteiger partial charge in [-0.3, -0.25) is 4.90 Å². The smallest absolute Gasteiger partial charge is 0.344 e. The summed E-state index contributed by atoms with van der Waals surface area (Å²) in [7, 11) is 1.62. The zero-order valence-corrected chi connectivity index (χ0v) is 17.4. The van der Waals surface area contributed by atoms with Gasteiger partial charge in [0.05, 0.1) is 18.2 Å². The van der Waals surface area contributed by atoms with Gasteiger partial charge in [-0.1, -0.05) is 18.2 Å². The number of rotatable bonds is 5. The molecule has 1 aliphatic heterocycles. The van der Waals surface area contributed by atoms with E-state index in [9.17, 15) is 4.79 Å². The molecule has 0 unspecified atom stereocenters. The summed E-state index contributed by atoms with van der Waals surface area (Å²) in [5, 5.41) is 2.99. The van der Waals surface area contributed by atoms with Crippen molar-refractivity contribution in [1.82, 2.24) is 4.90 Å². The molecule has 5 rings (SSSR count). The summed E-state index contributed by atoms with van der Waals surface area (Å²) in [5.41, 5.74) is 2.53. The predicted octanol–water partition coefficient (Wildman–Crippen LogP) is 4.92. The highest BCUT2D eigenvalue weighted by molar-refractivity contribution is 7.09. The minimum Gasteiger partial charge on any atom is -0.497 e. The lowest BCUT2D eigenvalue weighted by atomic mass is 10.0. The highest BCUT2D eigenvalue weighted by Crippen LogP contribution is 2.33. The molecule has 0 radical (unpaired) electrons. The maximum atomic E-state index is 12.8. The van der Waals surface area contributed by atoms with Gasteiger partial charge in [0.25, 0.3) is 0 Å². The Morgan fingerprint density at radius 2 is 2.00 bits per heavy atom. The SMILES string of the molecule is COc1ccc(-c2cc3ccc4c(c3oc2=O)CN(CCc2cccs2)CO4)cc1. The molecule has 0 amide bonds. The van der Waals surface area contributed by atoms with E-state index in [0.717, 1.165) is 41.0 Å². The fourth-order valence-electron chi connectivity index (χ4n) is 3.78. The Morgan fingerprint density at radius 3 is 2.77 bits per heavy atom. The monoisotopic (exact) mass is 419 g/mol. The summed E-state index contributed by atoms with van der Waals surface area (Å²) in [6.07, 6.45) is 0.979. The van der Waals surface area contributed by atoms with Crippen LogP contribution in [0.4, 0.5) is 0 Å². The molecule has 30 heavy (non-hydrogen) atoms. The first-order valence-corrected chi connectivity index (χ1v) is 10.7. The Labute approximate surface area is 178 Å². The molecule has 0 bridgehead atoms. The van der Waals surface area contributed by atoms with E-state index in [2.05, 4.69) is 22.4 Å². The highest BCUT2D eigenvalue weighted by atomic mass is 32.1. The molecule has 6 heteroatoms. The van der Waals surface area contributed by atoms with E-state index in [0.29, 0.717) is 24.4 Å². The summed E-state index contributed by atoms with van der Waals surface area (Å²) in [6.45, 7) is 2.13. The molecule has 1 aliphatic rings. The molecule has 0 aliphatic carbocycles. The molecule has 0 saturated heterocycles. The lowest BCUT2D eigenvalue weighted by molar-refractivity contribution is 0.0970. The van der Waals surface area contributed by atoms with E-state index < -0.39 is 0 Å². The van der Waals surface area contributed by atoms with Gasteiger partial charge in [0.1, 0.15) is 23.8 Å². The Bertz CT molecular complexity index is 1230. The van der Waals surface area contributed by atoms with Gasteiger partial charge in [-0.15, -0.1) is 11.3 Å². The lowest BCUT2D eigenvalue weighted by Gasteiger charge is -2.29. The standard InChI is InChI=1S/C24H21NO4S/c1-27-18-7-4-16(5-8-18)20-13-17-6-9-22-21(23(17)29-24(20)26)14-25(15-28-22)11-10-19-3-2-12-30-19/h2-9,12-13H,10-11,14-15H2,1H3. The van der Waals surface area contributed by atoms with Crippen LogP contribution in [0.25, 0.3) is 22.1 Å². The number of methoxy groups -OCH3 is 1. The second-order valence-electron chi connectivity index (χ2n) is 7.29. The van der Waals surface area contributed by atoms with E-state index in [1.54, 1.807) is 18.4 Å². The molecule has 0 atom stereocenters. The Hall–Kier alpha value is -3.09. The highest BCUT2D eigenvalue weighted by Gasteiger charge is 2.22. The molecule has 3 heterocycles. The molecular weight excluding hydrogens is 398 g/mol. The van der Waals surface area contributed by atoms with Gasteiger partial charge < -0.3 is 13.9 Å². The molecule has 5 nitrogen and oxygen atoms in total. The van der Waals surface area contributed by atoms with Crippen molar-refractivity contribution in [1.29, 1.82) is 0 Å². The third-order valence-electron chi connectivity index (χ3n) is 5.40. The fourth-order valence-corrected chi connectivity index (χ4v) is 4.48. The van der Waals surface area contributed by atoms with Crippen LogP contribution in [-0.4, -0.2) is 25.3 Å². The molecule has 2 aromatic carbocycles. The second kappa shape index (κ2) is 7.97. The summed E-state index contributed by atoms with van der Waals surface area (Å²) >= 11 is 1.77. The Kier molecular flexibility index (Phi) is 5.02. The summed E-state index contributed by atoms with van der Waals surface area (Å²) in [6, 6.07) is 17.4. The van der Waals surface area contributed by atoms with E-state index in [1.807, 2.05) is 42.5 Å². The number of hydrogen-bond acceptors (Lipinski definition) is 6. The Balaban J connectivity index is 1.46. The number of thiophene rings is 1. The first-order valence-electron chi connectivity index (χ1n) is 9.83. The van der Waals surface area contributed by atoms with Gasteiger partial charge in [-0.05, 0) is 53.8 Å². The largest absolute Gasteiger partial charge is 0.497 e. The molecule has 0 fully saturated rings. The van der Waals surface area contributed by atoms with Crippen LogP contribution in [0.2, 0.25) is 0 Å². The molecule has 4 aromatic rings. The van der Waals surface area contributed by atoms with Crippen molar-refractivity contribution in [2.45, 2.75) is 13.0 Å². The van der Waals surface area contributed by atoms with Crippen molar-refractivity contribution in [3.63, 3.8) is 0 Å². The third-order valence-corrected chi connectivity index (χ3v) is 6.34. The fraction of sp³-hybridized carbons (Fsp3) is 0.208. The van der Waals surface area contributed by atoms with Crippen molar-refractivity contribution in [3.05, 3.63) is 80.8 Å². The van der Waals surface area contributed by atoms with Gasteiger partial charge in [0, 0.05) is 23.4 Å². The van der Waals surface area contributed by atoms with Gasteiger partial charge in [0.15, 0.2) is 0 Å². The van der Waals surface area contributed by atoms with Crippen molar-refractivity contribution in [2.75, 3.05) is 20.4 Å². The molecular formula is C24H21NO4S. The van der Waals surface area contributed by atoms with E-state index in [1.165, 1.54) is 4.88 Å². The molecule has 0 N–H and O–H groups in total. The Morgan fingerprint density at radius 1 is 1.13 bits per heavy atom. The normalized spacial score (nSPS) is 13.8. The maximum Gasteiger partial charge on any atom is 0.344 e. The van der Waals surface area contributed by atoms with Gasteiger partial charge >= 0.3 is 5.63 Å². The van der Waals surface area contributed by atoms with Crippen molar-refractivity contribution in [3.8, 4) is 22.6 Å². The minimum atomic E-state index is -0.350. The van der Waals surface area contributed by atoms with E-state index in [4.69, 9.17) is 13.9 Å². The average Bonchev–Trinajstić information content (AvgIpc) is 3.31. The van der Waals surface area contributed by atoms with Crippen molar-refractivity contribution in [2.24, 2.45) is 0 Å². The molecule has 152 valence electrons. The van der Waals surface area contributed by atoms with Crippen LogP contribution in [-0.2, 0) is 13.0 Å². The summed E-state index contributed by atoms with van der Waals surface area (Å²) in [4.78, 5) is 16.4. The first kappa shape index (κ1) is 18.9. The quantitative estimate of drug-likeness (QED) is 0.430. The first-order chi connectivity index (χ1) is 14.7. The second-order valence-corrected chi connectivity index (χ2v) is 8.32. The van der Waals surface area contributed by atoms with Crippen LogP contribution in [0, 0.1) is 0 Å². The zero-order valence-electron chi connectivity index (χ0n) is 16.6. The average molecular weight is 420 g/mol. The van der Waals surface area contributed by atoms with Crippen LogP contribution in [0.1, 0.15) is 10.4 Å². The number of ether oxygens (including phenoxy) is 2. The lowest BCUT2D eigenvalue weighted by Crippen LogP contribution is -2.33. The van der Waals surface area contributed by atoms with E-state index in [-0.39, 0.29) is 5.63 Å². The summed E-state index contributed by atoms with van der Waals surface area (Å²) in [5.74, 6) is 1.54. The van der Waals surface area contributed by atoms with Gasteiger partial charge in [-0.25, -0.2) is 4.79 Å².